The van der Waals surface area contributed by atoms with Gasteiger partial charge in [0.05, 0.1) is 24.8 Å². The number of nitrogens with zero attached hydrogens (tertiary/aromatic N) is 1. The van der Waals surface area contributed by atoms with Crippen LogP contribution in [0.1, 0.15) is 34.6 Å². The first-order valence-electron chi connectivity index (χ1n) is 5.85. The van der Waals surface area contributed by atoms with Crippen LogP contribution in [0.2, 0.25) is 0 Å². The zero-order valence-electron chi connectivity index (χ0n) is 11.2. The van der Waals surface area contributed by atoms with Gasteiger partial charge in [-0.25, -0.2) is 4.79 Å². The second-order valence-electron chi connectivity index (χ2n) is 6.01. The van der Waals surface area contributed by atoms with Crippen LogP contribution in [0, 0.1) is 0 Å². The van der Waals surface area contributed by atoms with E-state index in [1.807, 2.05) is 34.6 Å². The van der Waals surface area contributed by atoms with Gasteiger partial charge in [-0.15, -0.1) is 0 Å². The SMILES string of the molecule is CC(C)(C)OC(=O)N1C[C@@H](CBr)OC(C)(C)C1. The maximum Gasteiger partial charge on any atom is 0.410 e. The molecule has 5 heteroatoms. The molecule has 0 aromatic rings. The van der Waals surface area contributed by atoms with E-state index in [1.54, 1.807) is 4.90 Å². The first kappa shape index (κ1) is 14.8. The van der Waals surface area contributed by atoms with Gasteiger partial charge in [0, 0.05) is 5.33 Å². The fourth-order valence-corrected chi connectivity index (χ4v) is 2.18. The highest BCUT2D eigenvalue weighted by molar-refractivity contribution is 9.09. The molecule has 100 valence electrons. The van der Waals surface area contributed by atoms with Gasteiger partial charge in [-0.1, -0.05) is 15.9 Å². The maximum absolute atomic E-state index is 12.0. The summed E-state index contributed by atoms with van der Waals surface area (Å²) in [6.45, 7) is 10.7. The smallest absolute Gasteiger partial charge is 0.410 e. The quantitative estimate of drug-likeness (QED) is 0.699. The number of hydrogen-bond donors (Lipinski definition) is 0. The Labute approximate surface area is 112 Å². The predicted molar refractivity (Wildman–Crippen MR) is 70.6 cm³/mol. The maximum atomic E-state index is 12.0. The Morgan fingerprint density at radius 3 is 2.59 bits per heavy atom. The first-order chi connectivity index (χ1) is 7.63. The zero-order valence-corrected chi connectivity index (χ0v) is 12.8. The van der Waals surface area contributed by atoms with Gasteiger partial charge in [-0.05, 0) is 34.6 Å². The molecule has 0 radical (unpaired) electrons. The van der Waals surface area contributed by atoms with Gasteiger partial charge in [0.15, 0.2) is 0 Å². The predicted octanol–water partition coefficient (Wildman–Crippen LogP) is 2.80. The third kappa shape index (κ3) is 4.84. The Balaban J connectivity index is 2.67. The van der Waals surface area contributed by atoms with Gasteiger partial charge >= 0.3 is 6.09 Å². The largest absolute Gasteiger partial charge is 0.444 e. The van der Waals surface area contributed by atoms with Crippen molar-refractivity contribution in [3.63, 3.8) is 0 Å². The Hall–Kier alpha value is -0.290. The van der Waals surface area contributed by atoms with E-state index in [9.17, 15) is 4.79 Å². The van der Waals surface area contributed by atoms with Gasteiger partial charge in [0.25, 0.3) is 0 Å². The summed E-state index contributed by atoms with van der Waals surface area (Å²) in [6.07, 6.45) is -0.244. The molecule has 0 N–H and O–H groups in total. The molecule has 0 bridgehead atoms. The molecule has 1 heterocycles. The lowest BCUT2D eigenvalue weighted by molar-refractivity contribution is -0.124. The van der Waals surface area contributed by atoms with E-state index >= 15 is 0 Å². The van der Waals surface area contributed by atoms with E-state index in [1.165, 1.54) is 0 Å². The lowest BCUT2D eigenvalue weighted by atomic mass is 10.1. The van der Waals surface area contributed by atoms with Crippen LogP contribution in [0.15, 0.2) is 0 Å². The molecule has 1 atom stereocenters. The molecule has 1 aliphatic heterocycles. The van der Waals surface area contributed by atoms with E-state index in [0.717, 1.165) is 5.33 Å². The molecule has 0 aliphatic carbocycles. The summed E-state index contributed by atoms with van der Waals surface area (Å²) in [5.74, 6) is 0. The van der Waals surface area contributed by atoms with Crippen molar-refractivity contribution < 1.29 is 14.3 Å². The average Bonchev–Trinajstić information content (AvgIpc) is 2.12. The topological polar surface area (TPSA) is 38.8 Å². The number of alkyl halides is 1. The summed E-state index contributed by atoms with van der Waals surface area (Å²) in [4.78, 5) is 13.7. The summed E-state index contributed by atoms with van der Waals surface area (Å²) in [6, 6.07) is 0. The molecule has 1 saturated heterocycles. The fraction of sp³-hybridized carbons (Fsp3) is 0.917. The molecule has 4 nitrogen and oxygen atoms in total. The van der Waals surface area contributed by atoms with Gasteiger partial charge in [-0.2, -0.15) is 0 Å². The van der Waals surface area contributed by atoms with Crippen molar-refractivity contribution in [3.05, 3.63) is 0 Å². The molecule has 0 spiro atoms. The average molecular weight is 308 g/mol. The van der Waals surface area contributed by atoms with Gasteiger partial charge in [0.1, 0.15) is 5.60 Å². The standard InChI is InChI=1S/C12H22BrNO3/c1-11(2,3)17-10(15)14-7-9(6-13)16-12(4,5)8-14/h9H,6-8H2,1-5H3/t9-/m1/s1. The molecule has 0 aromatic heterocycles. The summed E-state index contributed by atoms with van der Waals surface area (Å²) in [5, 5.41) is 0.718. The van der Waals surface area contributed by atoms with E-state index in [4.69, 9.17) is 9.47 Å². The highest BCUT2D eigenvalue weighted by Crippen LogP contribution is 2.23. The highest BCUT2D eigenvalue weighted by Gasteiger charge is 2.36. The summed E-state index contributed by atoms with van der Waals surface area (Å²) >= 11 is 3.40. The van der Waals surface area contributed by atoms with Crippen LogP contribution in [0.3, 0.4) is 0 Å². The van der Waals surface area contributed by atoms with E-state index in [-0.39, 0.29) is 17.8 Å². The Morgan fingerprint density at radius 2 is 2.12 bits per heavy atom. The Bertz CT molecular complexity index is 286. The third-order valence-corrected chi connectivity index (χ3v) is 3.03. The molecule has 1 aliphatic rings. The number of halogens is 1. The molecule has 0 saturated carbocycles. The molecule has 17 heavy (non-hydrogen) atoms. The van der Waals surface area contributed by atoms with E-state index in [0.29, 0.717) is 13.1 Å². The van der Waals surface area contributed by atoms with Crippen LogP contribution in [-0.2, 0) is 9.47 Å². The first-order valence-corrected chi connectivity index (χ1v) is 6.97. The van der Waals surface area contributed by atoms with Crippen LogP contribution < -0.4 is 0 Å². The fourth-order valence-electron chi connectivity index (χ4n) is 1.84. The minimum atomic E-state index is -0.455. The van der Waals surface area contributed by atoms with Gasteiger partial charge < -0.3 is 14.4 Å². The molecule has 1 rings (SSSR count). The molecule has 1 amide bonds. The number of carbonyl (C=O) groups excluding carboxylic acids is 1. The van der Waals surface area contributed by atoms with Crippen molar-refractivity contribution in [3.8, 4) is 0 Å². The van der Waals surface area contributed by atoms with Crippen molar-refractivity contribution in [2.75, 3.05) is 18.4 Å². The highest BCUT2D eigenvalue weighted by atomic mass is 79.9. The zero-order chi connectivity index (χ0) is 13.3. The number of ether oxygens (including phenoxy) is 2. The van der Waals surface area contributed by atoms with E-state index in [2.05, 4.69) is 15.9 Å². The number of morpholine rings is 1. The molecular weight excluding hydrogens is 286 g/mol. The lowest BCUT2D eigenvalue weighted by Gasteiger charge is -2.42. The molecule has 0 aromatic carbocycles. The van der Waals surface area contributed by atoms with Crippen molar-refractivity contribution in [2.45, 2.75) is 51.9 Å². The molecule has 0 unspecified atom stereocenters. The van der Waals surface area contributed by atoms with Crippen molar-refractivity contribution in [2.24, 2.45) is 0 Å². The van der Waals surface area contributed by atoms with Crippen LogP contribution in [0.25, 0.3) is 0 Å². The number of carbonyl (C=O) groups is 1. The van der Waals surface area contributed by atoms with Crippen molar-refractivity contribution in [1.82, 2.24) is 4.90 Å². The lowest BCUT2D eigenvalue weighted by Crippen LogP contribution is -2.55. The second kappa shape index (κ2) is 5.14. The van der Waals surface area contributed by atoms with Gasteiger partial charge in [-0.3, -0.25) is 0 Å². The number of amides is 1. The van der Waals surface area contributed by atoms with Crippen molar-refractivity contribution >= 4 is 22.0 Å². The van der Waals surface area contributed by atoms with Crippen LogP contribution >= 0.6 is 15.9 Å². The summed E-state index contributed by atoms with van der Waals surface area (Å²) in [7, 11) is 0. The molecule has 1 fully saturated rings. The van der Waals surface area contributed by atoms with E-state index < -0.39 is 5.60 Å². The number of hydrogen-bond acceptors (Lipinski definition) is 3. The number of rotatable bonds is 1. The Morgan fingerprint density at radius 1 is 1.53 bits per heavy atom. The normalized spacial score (nSPS) is 24.6. The van der Waals surface area contributed by atoms with Crippen LogP contribution in [-0.4, -0.2) is 46.7 Å². The van der Waals surface area contributed by atoms with Gasteiger partial charge in [0.2, 0.25) is 0 Å². The second-order valence-corrected chi connectivity index (χ2v) is 6.66. The van der Waals surface area contributed by atoms with Crippen LogP contribution in [0.5, 0.6) is 0 Å². The minimum absolute atomic E-state index is 0.0197. The van der Waals surface area contributed by atoms with Crippen molar-refractivity contribution in [1.29, 1.82) is 0 Å². The Kier molecular flexibility index (Phi) is 4.47. The minimum Gasteiger partial charge on any atom is -0.444 e. The summed E-state index contributed by atoms with van der Waals surface area (Å²) in [5.41, 5.74) is -0.781. The molecular formula is C12H22BrNO3. The monoisotopic (exact) mass is 307 g/mol. The van der Waals surface area contributed by atoms with Crippen LogP contribution in [0.4, 0.5) is 4.79 Å². The summed E-state index contributed by atoms with van der Waals surface area (Å²) < 4.78 is 11.2. The third-order valence-electron chi connectivity index (χ3n) is 2.31.